The molecule has 6 heteroatoms. The van der Waals surface area contributed by atoms with E-state index in [4.69, 9.17) is 21.1 Å². The quantitative estimate of drug-likeness (QED) is 0.908. The minimum absolute atomic E-state index is 0.371. The fraction of sp³-hybridized carbons (Fsp3) is 0.417. The molecule has 1 aromatic rings. The van der Waals surface area contributed by atoms with Crippen LogP contribution < -0.4 is 9.47 Å². The maximum Gasteiger partial charge on any atom is 0.325 e. The van der Waals surface area contributed by atoms with Gasteiger partial charge in [0.05, 0.1) is 5.02 Å². The highest BCUT2D eigenvalue weighted by Crippen LogP contribution is 2.40. The van der Waals surface area contributed by atoms with E-state index in [0.717, 1.165) is 0 Å². The van der Waals surface area contributed by atoms with Crippen LogP contribution in [0.15, 0.2) is 12.1 Å². The number of likely N-dealkylation sites (N-methyl/N-ethyl adjacent to an activating group) is 1. The van der Waals surface area contributed by atoms with Gasteiger partial charge in [-0.05, 0) is 31.8 Å². The summed E-state index contributed by atoms with van der Waals surface area (Å²) in [6.07, 6.45) is 0. The lowest BCUT2D eigenvalue weighted by Crippen LogP contribution is -2.27. The van der Waals surface area contributed by atoms with Gasteiger partial charge in [-0.2, -0.15) is 0 Å². The van der Waals surface area contributed by atoms with Gasteiger partial charge in [-0.3, -0.25) is 9.69 Å². The molecule has 0 amide bonds. The summed E-state index contributed by atoms with van der Waals surface area (Å²) in [5.74, 6) is 0.0409. The molecule has 1 N–H and O–H groups in total. The highest BCUT2D eigenvalue weighted by molar-refractivity contribution is 6.32. The van der Waals surface area contributed by atoms with E-state index in [1.54, 1.807) is 31.1 Å². The second-order valence-electron chi connectivity index (χ2n) is 4.23. The van der Waals surface area contributed by atoms with E-state index in [-0.39, 0.29) is 0 Å². The Bertz CT molecular complexity index is 475. The van der Waals surface area contributed by atoms with E-state index in [0.29, 0.717) is 35.3 Å². The van der Waals surface area contributed by atoms with E-state index in [2.05, 4.69) is 0 Å². The zero-order chi connectivity index (χ0) is 13.3. The molecule has 0 spiro atoms. The van der Waals surface area contributed by atoms with Crippen molar-refractivity contribution < 1.29 is 19.4 Å². The van der Waals surface area contributed by atoms with Gasteiger partial charge in [0.25, 0.3) is 0 Å². The molecule has 1 aliphatic rings. The second kappa shape index (κ2) is 5.04. The molecule has 0 radical (unpaired) electrons. The number of halogens is 1. The van der Waals surface area contributed by atoms with Crippen LogP contribution in [0.25, 0.3) is 0 Å². The molecule has 18 heavy (non-hydrogen) atoms. The van der Waals surface area contributed by atoms with E-state index in [1.165, 1.54) is 0 Å². The van der Waals surface area contributed by atoms with Crippen molar-refractivity contribution in [2.45, 2.75) is 6.04 Å². The van der Waals surface area contributed by atoms with Crippen molar-refractivity contribution >= 4 is 17.6 Å². The van der Waals surface area contributed by atoms with Crippen LogP contribution in [-0.4, -0.2) is 43.3 Å². The zero-order valence-corrected chi connectivity index (χ0v) is 10.9. The van der Waals surface area contributed by atoms with Crippen LogP contribution in [0, 0.1) is 0 Å². The number of nitrogens with zero attached hydrogens (tertiary/aromatic N) is 1. The Morgan fingerprint density at radius 2 is 2.06 bits per heavy atom. The average molecular weight is 272 g/mol. The van der Waals surface area contributed by atoms with Crippen molar-refractivity contribution in [3.8, 4) is 11.5 Å². The number of benzene rings is 1. The van der Waals surface area contributed by atoms with E-state index >= 15 is 0 Å². The molecule has 0 bridgehead atoms. The summed E-state index contributed by atoms with van der Waals surface area (Å²) in [7, 11) is 3.40. The lowest BCUT2D eigenvalue weighted by Gasteiger charge is -2.24. The first-order valence-corrected chi connectivity index (χ1v) is 5.86. The van der Waals surface area contributed by atoms with Gasteiger partial charge in [-0.25, -0.2) is 0 Å². The summed E-state index contributed by atoms with van der Waals surface area (Å²) in [6.45, 7) is 0.884. The Hall–Kier alpha value is -1.46. The fourth-order valence-corrected chi connectivity index (χ4v) is 2.22. The van der Waals surface area contributed by atoms with Crippen LogP contribution in [0.1, 0.15) is 11.6 Å². The largest absolute Gasteiger partial charge is 0.486 e. The fourth-order valence-electron chi connectivity index (χ4n) is 1.95. The van der Waals surface area contributed by atoms with Gasteiger partial charge in [-0.1, -0.05) is 11.6 Å². The van der Waals surface area contributed by atoms with Crippen molar-refractivity contribution in [2.24, 2.45) is 0 Å². The average Bonchev–Trinajstić information content (AvgIpc) is 2.28. The van der Waals surface area contributed by atoms with Crippen molar-refractivity contribution in [2.75, 3.05) is 27.3 Å². The number of hydrogen-bond acceptors (Lipinski definition) is 4. The number of fused-ring (bicyclic) bond motifs is 1. The van der Waals surface area contributed by atoms with Gasteiger partial charge in [-0.15, -0.1) is 0 Å². The molecule has 1 aromatic carbocycles. The smallest absolute Gasteiger partial charge is 0.325 e. The third-order valence-corrected chi connectivity index (χ3v) is 2.97. The van der Waals surface area contributed by atoms with Crippen LogP contribution in [0.5, 0.6) is 11.5 Å². The molecule has 1 unspecified atom stereocenters. The number of rotatable bonds is 3. The maximum atomic E-state index is 11.3. The molecular weight excluding hydrogens is 258 g/mol. The number of ether oxygens (including phenoxy) is 2. The van der Waals surface area contributed by atoms with Crippen LogP contribution >= 0.6 is 11.6 Å². The number of carboxylic acids is 1. The number of carbonyl (C=O) groups is 1. The van der Waals surface area contributed by atoms with Gasteiger partial charge in [0.1, 0.15) is 19.3 Å². The molecule has 0 saturated heterocycles. The van der Waals surface area contributed by atoms with Crippen LogP contribution in [0.3, 0.4) is 0 Å². The maximum absolute atomic E-state index is 11.3. The topological polar surface area (TPSA) is 59.0 Å². The minimum atomic E-state index is -0.937. The summed E-state index contributed by atoms with van der Waals surface area (Å²) < 4.78 is 10.8. The van der Waals surface area contributed by atoms with E-state index in [9.17, 15) is 9.90 Å². The minimum Gasteiger partial charge on any atom is -0.486 e. The van der Waals surface area contributed by atoms with Crippen molar-refractivity contribution in [1.82, 2.24) is 4.90 Å². The SMILES string of the molecule is CN(C)C(C(=O)O)c1cc(Cl)c2c(c1)OCCO2. The first kappa shape index (κ1) is 13.0. The molecule has 5 nitrogen and oxygen atoms in total. The molecule has 1 atom stereocenters. The summed E-state index contributed by atoms with van der Waals surface area (Å²) >= 11 is 6.08. The van der Waals surface area contributed by atoms with Crippen LogP contribution in [0.4, 0.5) is 0 Å². The van der Waals surface area contributed by atoms with E-state index in [1.807, 2.05) is 0 Å². The first-order valence-electron chi connectivity index (χ1n) is 5.49. The lowest BCUT2D eigenvalue weighted by atomic mass is 10.1. The Balaban J connectivity index is 2.45. The van der Waals surface area contributed by atoms with Crippen molar-refractivity contribution in [3.05, 3.63) is 22.7 Å². The molecule has 0 saturated carbocycles. The lowest BCUT2D eigenvalue weighted by molar-refractivity contribution is -0.142. The van der Waals surface area contributed by atoms with E-state index < -0.39 is 12.0 Å². The van der Waals surface area contributed by atoms with Gasteiger partial charge in [0.2, 0.25) is 0 Å². The van der Waals surface area contributed by atoms with Gasteiger partial charge in [0.15, 0.2) is 11.5 Å². The van der Waals surface area contributed by atoms with Gasteiger partial charge >= 0.3 is 5.97 Å². The molecule has 1 heterocycles. The van der Waals surface area contributed by atoms with Gasteiger partial charge in [0, 0.05) is 0 Å². The van der Waals surface area contributed by atoms with Crippen LogP contribution in [0.2, 0.25) is 5.02 Å². The summed E-state index contributed by atoms with van der Waals surface area (Å²) in [4.78, 5) is 12.9. The molecule has 0 fully saturated rings. The molecular formula is C12H14ClNO4. The highest BCUT2D eigenvalue weighted by Gasteiger charge is 2.26. The van der Waals surface area contributed by atoms with Crippen molar-refractivity contribution in [1.29, 1.82) is 0 Å². The first-order chi connectivity index (χ1) is 8.50. The van der Waals surface area contributed by atoms with Gasteiger partial charge < -0.3 is 14.6 Å². The monoisotopic (exact) mass is 271 g/mol. The molecule has 1 aliphatic heterocycles. The second-order valence-corrected chi connectivity index (χ2v) is 4.64. The summed E-state index contributed by atoms with van der Waals surface area (Å²) in [5.41, 5.74) is 0.571. The molecule has 98 valence electrons. The predicted octanol–water partition coefficient (Wildman–Crippen LogP) is 1.80. The standard InChI is InChI=1S/C12H14ClNO4/c1-14(2)10(12(15)16)7-5-8(13)11-9(6-7)17-3-4-18-11/h5-6,10H,3-4H2,1-2H3,(H,15,16). The zero-order valence-electron chi connectivity index (χ0n) is 10.1. The summed E-state index contributed by atoms with van der Waals surface area (Å²) in [6, 6.07) is 2.51. The molecule has 2 rings (SSSR count). The third kappa shape index (κ3) is 2.37. The Kier molecular flexibility index (Phi) is 3.63. The number of hydrogen-bond donors (Lipinski definition) is 1. The molecule has 0 aliphatic carbocycles. The Morgan fingerprint density at radius 1 is 1.39 bits per heavy atom. The number of carboxylic acid groups (broad SMARTS) is 1. The highest BCUT2D eigenvalue weighted by atomic mass is 35.5. The summed E-state index contributed by atoms with van der Waals surface area (Å²) in [5, 5.41) is 9.61. The van der Waals surface area contributed by atoms with Crippen LogP contribution in [-0.2, 0) is 4.79 Å². The Morgan fingerprint density at radius 3 is 2.67 bits per heavy atom. The normalized spacial score (nSPS) is 15.6. The van der Waals surface area contributed by atoms with Crippen molar-refractivity contribution in [3.63, 3.8) is 0 Å². The number of aliphatic carboxylic acids is 1. The predicted molar refractivity (Wildman–Crippen MR) is 66.5 cm³/mol. The molecule has 0 aromatic heterocycles. The Labute approximate surface area is 110 Å². The third-order valence-electron chi connectivity index (χ3n) is 2.69.